The first-order valence-electron chi connectivity index (χ1n) is 4.38. The van der Waals surface area contributed by atoms with Crippen molar-refractivity contribution in [2.75, 3.05) is 5.73 Å². The minimum Gasteiger partial charge on any atom is -0.384 e. The molecule has 0 aliphatic carbocycles. The van der Waals surface area contributed by atoms with Crippen LogP contribution in [0.3, 0.4) is 0 Å². The van der Waals surface area contributed by atoms with Gasteiger partial charge in [0.15, 0.2) is 0 Å². The minimum atomic E-state index is 0.413. The molecule has 0 spiro atoms. The van der Waals surface area contributed by atoms with Gasteiger partial charge in [0.05, 0.1) is 5.69 Å². The maximum atomic E-state index is 5.88. The third-order valence-electron chi connectivity index (χ3n) is 2.12. The lowest BCUT2D eigenvalue weighted by Crippen LogP contribution is -2.01. The Morgan fingerprint density at radius 2 is 2.08 bits per heavy atom. The van der Waals surface area contributed by atoms with E-state index in [1.54, 1.807) is 0 Å². The van der Waals surface area contributed by atoms with Gasteiger partial charge in [-0.15, -0.1) is 0 Å². The van der Waals surface area contributed by atoms with E-state index in [0.29, 0.717) is 5.92 Å². The van der Waals surface area contributed by atoms with Gasteiger partial charge in [-0.05, 0) is 5.92 Å². The van der Waals surface area contributed by atoms with Gasteiger partial charge in [-0.25, -0.2) is 4.98 Å². The molecule has 12 heavy (non-hydrogen) atoms. The van der Waals surface area contributed by atoms with E-state index in [1.807, 2.05) is 11.6 Å². The zero-order valence-electron chi connectivity index (χ0n) is 8.26. The fourth-order valence-electron chi connectivity index (χ4n) is 1.32. The number of nitrogens with zero attached hydrogens (tertiary/aromatic N) is 2. The van der Waals surface area contributed by atoms with Gasteiger partial charge < -0.3 is 10.3 Å². The number of hydrogen-bond donors (Lipinski definition) is 1. The molecule has 0 aliphatic rings. The van der Waals surface area contributed by atoms with E-state index in [1.165, 1.54) is 0 Å². The Morgan fingerprint density at radius 3 is 2.33 bits per heavy atom. The van der Waals surface area contributed by atoms with Gasteiger partial charge in [0, 0.05) is 13.5 Å². The van der Waals surface area contributed by atoms with E-state index in [9.17, 15) is 0 Å². The molecule has 3 nitrogen and oxygen atoms in total. The van der Waals surface area contributed by atoms with Crippen molar-refractivity contribution in [1.82, 2.24) is 9.55 Å². The largest absolute Gasteiger partial charge is 0.384 e. The van der Waals surface area contributed by atoms with E-state index < -0.39 is 0 Å². The number of nitrogen functional groups attached to an aromatic ring is 1. The van der Waals surface area contributed by atoms with Crippen LogP contribution in [0.15, 0.2) is 0 Å². The summed E-state index contributed by atoms with van der Waals surface area (Å²) < 4.78 is 1.97. The van der Waals surface area contributed by atoms with E-state index >= 15 is 0 Å². The molecule has 2 N–H and O–H groups in total. The zero-order valence-corrected chi connectivity index (χ0v) is 8.26. The highest BCUT2D eigenvalue weighted by Gasteiger charge is 2.12. The van der Waals surface area contributed by atoms with Crippen LogP contribution >= 0.6 is 0 Å². The third-order valence-corrected chi connectivity index (χ3v) is 2.12. The highest BCUT2D eigenvalue weighted by Crippen LogP contribution is 2.21. The van der Waals surface area contributed by atoms with Crippen LogP contribution in [0.2, 0.25) is 0 Å². The van der Waals surface area contributed by atoms with Gasteiger partial charge in [-0.1, -0.05) is 20.8 Å². The molecule has 0 aliphatic heterocycles. The molecule has 0 saturated heterocycles. The van der Waals surface area contributed by atoms with E-state index in [4.69, 9.17) is 5.73 Å². The van der Waals surface area contributed by atoms with Crippen LogP contribution in [0.5, 0.6) is 0 Å². The molecule has 0 saturated carbocycles. The number of anilines is 1. The van der Waals surface area contributed by atoms with E-state index in [0.717, 1.165) is 23.8 Å². The summed E-state index contributed by atoms with van der Waals surface area (Å²) in [6.07, 6.45) is 0.938. The van der Waals surface area contributed by atoms with Gasteiger partial charge in [0.25, 0.3) is 0 Å². The Bertz CT molecular complexity index is 274. The van der Waals surface area contributed by atoms with Crippen molar-refractivity contribution in [3.8, 4) is 0 Å². The number of hydrogen-bond acceptors (Lipinski definition) is 2. The Balaban J connectivity index is 3.16. The molecule has 0 atom stereocenters. The van der Waals surface area contributed by atoms with Crippen molar-refractivity contribution in [3.63, 3.8) is 0 Å². The molecule has 3 heteroatoms. The number of aryl methyl sites for hydroxylation is 1. The summed E-state index contributed by atoms with van der Waals surface area (Å²) in [6, 6.07) is 0. The summed E-state index contributed by atoms with van der Waals surface area (Å²) in [6.45, 7) is 6.31. The summed E-state index contributed by atoms with van der Waals surface area (Å²) in [5.74, 6) is 2.29. The molecular formula is C9H17N3. The number of rotatable bonds is 2. The lowest BCUT2D eigenvalue weighted by atomic mass is 10.1. The highest BCUT2D eigenvalue weighted by molar-refractivity contribution is 5.39. The van der Waals surface area contributed by atoms with Crippen molar-refractivity contribution in [3.05, 3.63) is 11.5 Å². The van der Waals surface area contributed by atoms with Crippen LogP contribution in [0.4, 0.5) is 5.82 Å². The summed E-state index contributed by atoms with van der Waals surface area (Å²) in [7, 11) is 1.97. The topological polar surface area (TPSA) is 43.8 Å². The minimum absolute atomic E-state index is 0.413. The Morgan fingerprint density at radius 1 is 1.50 bits per heavy atom. The van der Waals surface area contributed by atoms with Crippen LogP contribution in [0.25, 0.3) is 0 Å². The summed E-state index contributed by atoms with van der Waals surface area (Å²) >= 11 is 0. The van der Waals surface area contributed by atoms with Crippen LogP contribution in [0.1, 0.15) is 38.2 Å². The maximum absolute atomic E-state index is 5.88. The van der Waals surface area contributed by atoms with Gasteiger partial charge in [-0.2, -0.15) is 0 Å². The monoisotopic (exact) mass is 167 g/mol. The zero-order chi connectivity index (χ0) is 9.30. The third kappa shape index (κ3) is 1.31. The number of aromatic nitrogens is 2. The second kappa shape index (κ2) is 3.17. The lowest BCUT2D eigenvalue weighted by Gasteiger charge is -2.01. The molecule has 0 radical (unpaired) electrons. The fourth-order valence-corrected chi connectivity index (χ4v) is 1.32. The molecule has 1 heterocycles. The summed E-state index contributed by atoms with van der Waals surface area (Å²) in [5, 5.41) is 0. The molecular weight excluding hydrogens is 150 g/mol. The van der Waals surface area contributed by atoms with Gasteiger partial charge in [0.1, 0.15) is 11.6 Å². The van der Waals surface area contributed by atoms with Crippen LogP contribution in [0, 0.1) is 0 Å². The molecule has 1 rings (SSSR count). The molecule has 0 bridgehead atoms. The molecule has 1 aromatic heterocycles. The molecule has 68 valence electrons. The Labute approximate surface area is 73.6 Å². The van der Waals surface area contributed by atoms with Crippen molar-refractivity contribution in [2.24, 2.45) is 7.05 Å². The number of nitrogens with two attached hydrogens (primary N) is 1. The second-order valence-corrected chi connectivity index (χ2v) is 3.37. The molecule has 0 aromatic carbocycles. The molecule has 0 unspecified atom stereocenters. The van der Waals surface area contributed by atoms with Gasteiger partial charge in [-0.3, -0.25) is 0 Å². The first-order valence-corrected chi connectivity index (χ1v) is 4.38. The molecule has 0 fully saturated rings. The fraction of sp³-hybridized carbons (Fsp3) is 0.667. The smallest absolute Gasteiger partial charge is 0.126 e. The second-order valence-electron chi connectivity index (χ2n) is 3.37. The summed E-state index contributed by atoms with van der Waals surface area (Å²) in [5.41, 5.74) is 6.90. The number of imidazole rings is 1. The lowest BCUT2D eigenvalue weighted by molar-refractivity contribution is 0.807. The SMILES string of the molecule is CCc1nc(C(C)C)c(N)n1C. The average Bonchev–Trinajstić information content (AvgIpc) is 2.30. The van der Waals surface area contributed by atoms with Crippen LogP contribution < -0.4 is 5.73 Å². The predicted molar refractivity (Wildman–Crippen MR) is 51.1 cm³/mol. The van der Waals surface area contributed by atoms with E-state index in [-0.39, 0.29) is 0 Å². The summed E-state index contributed by atoms with van der Waals surface area (Å²) in [4.78, 5) is 4.47. The maximum Gasteiger partial charge on any atom is 0.126 e. The van der Waals surface area contributed by atoms with E-state index in [2.05, 4.69) is 25.8 Å². The predicted octanol–water partition coefficient (Wildman–Crippen LogP) is 1.69. The van der Waals surface area contributed by atoms with Crippen molar-refractivity contribution >= 4 is 5.82 Å². The van der Waals surface area contributed by atoms with Crippen molar-refractivity contribution in [2.45, 2.75) is 33.1 Å². The Kier molecular flexibility index (Phi) is 2.40. The first kappa shape index (κ1) is 9.10. The van der Waals surface area contributed by atoms with Gasteiger partial charge >= 0.3 is 0 Å². The first-order chi connectivity index (χ1) is 5.57. The van der Waals surface area contributed by atoms with Crippen molar-refractivity contribution in [1.29, 1.82) is 0 Å². The van der Waals surface area contributed by atoms with Crippen LogP contribution in [-0.2, 0) is 13.5 Å². The van der Waals surface area contributed by atoms with Crippen LogP contribution in [-0.4, -0.2) is 9.55 Å². The molecule has 1 aromatic rings. The van der Waals surface area contributed by atoms with Gasteiger partial charge in [0.2, 0.25) is 0 Å². The molecule has 0 amide bonds. The highest BCUT2D eigenvalue weighted by atomic mass is 15.1. The van der Waals surface area contributed by atoms with Crippen molar-refractivity contribution < 1.29 is 0 Å². The average molecular weight is 167 g/mol. The normalized spacial score (nSPS) is 11.1. The standard InChI is InChI=1S/C9H17N3/c1-5-7-11-8(6(2)3)9(10)12(7)4/h6H,5,10H2,1-4H3. The Hall–Kier alpha value is -0.990. The quantitative estimate of drug-likeness (QED) is 0.728.